The third-order valence-electron chi connectivity index (χ3n) is 6.59. The lowest BCUT2D eigenvalue weighted by Crippen LogP contribution is -2.56. The van der Waals surface area contributed by atoms with Gasteiger partial charge in [0.2, 0.25) is 5.91 Å². The number of nitrogens with one attached hydrogen (secondary N) is 1. The van der Waals surface area contributed by atoms with E-state index in [0.717, 1.165) is 17.4 Å². The molecule has 0 spiro atoms. The van der Waals surface area contributed by atoms with Gasteiger partial charge in [0.25, 0.3) is 0 Å². The first-order chi connectivity index (χ1) is 12.0. The van der Waals surface area contributed by atoms with Gasteiger partial charge in [0.05, 0.1) is 13.5 Å². The molecule has 0 atom stereocenters. The van der Waals surface area contributed by atoms with E-state index in [1.165, 1.54) is 32.1 Å². The van der Waals surface area contributed by atoms with E-state index in [0.29, 0.717) is 29.2 Å². The molecule has 134 valence electrons. The zero-order valence-electron chi connectivity index (χ0n) is 15.1. The number of ether oxygens (including phenoxy) is 1. The number of carbonyl (C=O) groups excluding carboxylic acids is 2. The van der Waals surface area contributed by atoms with Gasteiger partial charge in [-0.3, -0.25) is 9.59 Å². The quantitative estimate of drug-likeness (QED) is 0.835. The molecule has 4 aliphatic rings. The van der Waals surface area contributed by atoms with Crippen LogP contribution in [0.3, 0.4) is 0 Å². The smallest absolute Gasteiger partial charge is 0.224 e. The van der Waals surface area contributed by atoms with E-state index < -0.39 is 0 Å². The van der Waals surface area contributed by atoms with Gasteiger partial charge in [-0.2, -0.15) is 0 Å². The van der Waals surface area contributed by atoms with Gasteiger partial charge in [-0.1, -0.05) is 0 Å². The van der Waals surface area contributed by atoms with Gasteiger partial charge >= 0.3 is 0 Å². The normalized spacial score (nSPS) is 32.5. The minimum absolute atomic E-state index is 0.00495. The molecule has 0 radical (unpaired) electrons. The van der Waals surface area contributed by atoms with Crippen LogP contribution in [0.5, 0.6) is 5.75 Å². The van der Waals surface area contributed by atoms with E-state index >= 15 is 0 Å². The molecule has 4 nitrogen and oxygen atoms in total. The molecule has 4 aliphatic carbocycles. The zero-order valence-corrected chi connectivity index (χ0v) is 15.1. The molecule has 4 saturated carbocycles. The second-order valence-corrected chi connectivity index (χ2v) is 8.28. The van der Waals surface area contributed by atoms with Gasteiger partial charge in [0.15, 0.2) is 5.78 Å². The summed E-state index contributed by atoms with van der Waals surface area (Å²) in [6.45, 7) is 1.54. The number of benzene rings is 1. The maximum Gasteiger partial charge on any atom is 0.224 e. The van der Waals surface area contributed by atoms with E-state index in [1.54, 1.807) is 32.2 Å². The average Bonchev–Trinajstić information content (AvgIpc) is 2.57. The first kappa shape index (κ1) is 16.6. The fourth-order valence-electron chi connectivity index (χ4n) is 5.71. The zero-order chi connectivity index (χ0) is 17.6. The highest BCUT2D eigenvalue weighted by atomic mass is 16.5. The summed E-state index contributed by atoms with van der Waals surface area (Å²) in [6, 6.07) is 5.67. The summed E-state index contributed by atoms with van der Waals surface area (Å²) in [4.78, 5) is 24.3. The number of methoxy groups -OCH3 is 1. The fraction of sp³-hybridized carbons (Fsp3) is 0.619. The second kappa shape index (κ2) is 6.47. The minimum atomic E-state index is 0.00495. The molecule has 0 unspecified atom stereocenters. The Hall–Kier alpha value is -1.84. The molecule has 4 bridgehead atoms. The van der Waals surface area contributed by atoms with Crippen molar-refractivity contribution in [1.82, 2.24) is 5.32 Å². The SMILES string of the molecule is COc1ccc(C(C)=O)cc1CC(=O)NC1C2CC3CC(C2)CC1C3. The Morgan fingerprint density at radius 3 is 2.28 bits per heavy atom. The van der Waals surface area contributed by atoms with Crippen molar-refractivity contribution >= 4 is 11.7 Å². The molecular formula is C21H27NO3. The molecular weight excluding hydrogens is 314 g/mol. The van der Waals surface area contributed by atoms with Crippen LogP contribution < -0.4 is 10.1 Å². The molecule has 1 N–H and O–H groups in total. The van der Waals surface area contributed by atoms with Crippen LogP contribution in [0.15, 0.2) is 18.2 Å². The lowest BCUT2D eigenvalue weighted by Gasteiger charge is -2.54. The Morgan fingerprint density at radius 1 is 1.08 bits per heavy atom. The van der Waals surface area contributed by atoms with Crippen molar-refractivity contribution in [3.05, 3.63) is 29.3 Å². The van der Waals surface area contributed by atoms with Crippen molar-refractivity contribution in [2.24, 2.45) is 23.7 Å². The number of carbonyl (C=O) groups is 2. The largest absolute Gasteiger partial charge is 0.496 e. The van der Waals surface area contributed by atoms with Gasteiger partial charge in [-0.25, -0.2) is 0 Å². The Balaban J connectivity index is 1.46. The summed E-state index contributed by atoms with van der Waals surface area (Å²) < 4.78 is 5.37. The van der Waals surface area contributed by atoms with Gasteiger partial charge in [-0.05, 0) is 80.9 Å². The first-order valence-electron chi connectivity index (χ1n) is 9.50. The number of hydrogen-bond acceptors (Lipinski definition) is 3. The Morgan fingerprint density at radius 2 is 1.72 bits per heavy atom. The first-order valence-corrected chi connectivity index (χ1v) is 9.50. The van der Waals surface area contributed by atoms with Crippen LogP contribution in [0.4, 0.5) is 0 Å². The third-order valence-corrected chi connectivity index (χ3v) is 6.59. The molecule has 0 saturated heterocycles. The van der Waals surface area contributed by atoms with Crippen molar-refractivity contribution in [3.8, 4) is 5.75 Å². The lowest BCUT2D eigenvalue weighted by molar-refractivity contribution is -0.124. The maximum absolute atomic E-state index is 12.7. The molecule has 0 aromatic heterocycles. The summed E-state index contributed by atoms with van der Waals surface area (Å²) >= 11 is 0. The van der Waals surface area contributed by atoms with Crippen LogP contribution in [0.2, 0.25) is 0 Å². The van der Waals surface area contributed by atoms with E-state index in [2.05, 4.69) is 5.32 Å². The fourth-order valence-corrected chi connectivity index (χ4v) is 5.71. The number of Topliss-reactive ketones (excluding diaryl/α,β-unsaturated/α-hetero) is 1. The number of rotatable bonds is 5. The average molecular weight is 341 g/mol. The highest BCUT2D eigenvalue weighted by Crippen LogP contribution is 2.53. The van der Waals surface area contributed by atoms with Crippen molar-refractivity contribution in [1.29, 1.82) is 0 Å². The molecule has 5 rings (SSSR count). The number of ketones is 1. The summed E-state index contributed by atoms with van der Waals surface area (Å²) in [5.74, 6) is 3.88. The third kappa shape index (κ3) is 3.19. The molecule has 4 heteroatoms. The van der Waals surface area contributed by atoms with Crippen molar-refractivity contribution < 1.29 is 14.3 Å². The molecule has 1 aromatic rings. The van der Waals surface area contributed by atoms with E-state index in [4.69, 9.17) is 4.74 Å². The highest BCUT2D eigenvalue weighted by Gasteiger charge is 2.48. The molecule has 25 heavy (non-hydrogen) atoms. The Bertz CT molecular complexity index is 668. The van der Waals surface area contributed by atoms with E-state index in [9.17, 15) is 9.59 Å². The van der Waals surface area contributed by atoms with Crippen molar-refractivity contribution in [3.63, 3.8) is 0 Å². The summed E-state index contributed by atoms with van der Waals surface area (Å²) in [6.07, 6.45) is 6.86. The monoisotopic (exact) mass is 341 g/mol. The molecule has 1 aromatic carbocycles. The van der Waals surface area contributed by atoms with E-state index in [-0.39, 0.29) is 18.1 Å². The highest BCUT2D eigenvalue weighted by molar-refractivity contribution is 5.94. The van der Waals surface area contributed by atoms with Gasteiger partial charge in [0, 0.05) is 17.2 Å². The maximum atomic E-state index is 12.7. The minimum Gasteiger partial charge on any atom is -0.496 e. The summed E-state index contributed by atoms with van der Waals surface area (Å²) in [5, 5.41) is 3.33. The second-order valence-electron chi connectivity index (χ2n) is 8.28. The van der Waals surface area contributed by atoms with Crippen LogP contribution in [0, 0.1) is 23.7 Å². The van der Waals surface area contributed by atoms with Gasteiger partial charge < -0.3 is 10.1 Å². The van der Waals surface area contributed by atoms with Crippen LogP contribution in [-0.4, -0.2) is 24.8 Å². The molecule has 0 heterocycles. The van der Waals surface area contributed by atoms with Gasteiger partial charge in [0.1, 0.15) is 5.75 Å². The number of hydrogen-bond donors (Lipinski definition) is 1. The van der Waals surface area contributed by atoms with Crippen LogP contribution >= 0.6 is 0 Å². The topological polar surface area (TPSA) is 55.4 Å². The standard InChI is InChI=1S/C21H27NO3/c1-12(23)15-3-4-19(25-2)16(10-15)11-20(24)22-21-17-6-13-5-14(8-17)9-18(21)7-13/h3-4,10,13-14,17-18,21H,5-9,11H2,1-2H3,(H,22,24). The lowest BCUT2D eigenvalue weighted by atomic mass is 9.54. The van der Waals surface area contributed by atoms with Crippen molar-refractivity contribution in [2.75, 3.05) is 7.11 Å². The van der Waals surface area contributed by atoms with Gasteiger partial charge in [-0.15, -0.1) is 0 Å². The molecule has 1 amide bonds. The number of amides is 1. The van der Waals surface area contributed by atoms with Crippen LogP contribution in [0.1, 0.15) is 54.9 Å². The van der Waals surface area contributed by atoms with Crippen LogP contribution in [-0.2, 0) is 11.2 Å². The Kier molecular flexibility index (Phi) is 4.30. The Labute approximate surface area is 149 Å². The predicted octanol–water partition coefficient (Wildman–Crippen LogP) is 3.38. The van der Waals surface area contributed by atoms with E-state index in [1.807, 2.05) is 0 Å². The van der Waals surface area contributed by atoms with Crippen molar-refractivity contribution in [2.45, 2.75) is 51.5 Å². The molecule has 0 aliphatic heterocycles. The molecule has 4 fully saturated rings. The summed E-state index contributed by atoms with van der Waals surface area (Å²) in [7, 11) is 1.60. The predicted molar refractivity (Wildman–Crippen MR) is 95.7 cm³/mol. The van der Waals surface area contributed by atoms with Crippen LogP contribution in [0.25, 0.3) is 0 Å². The summed E-state index contributed by atoms with van der Waals surface area (Å²) in [5.41, 5.74) is 1.41.